The largest absolute Gasteiger partial charge is 0.374 e. The molecule has 8 heteroatoms. The molecular weight excluding hydrogens is 298 g/mol. The van der Waals surface area contributed by atoms with Gasteiger partial charge in [0, 0.05) is 10.6 Å². The molecule has 0 aliphatic heterocycles. The second-order valence-corrected chi connectivity index (χ2v) is 6.51. The van der Waals surface area contributed by atoms with E-state index in [1.807, 2.05) is 23.6 Å². The maximum atomic E-state index is 8.68. The summed E-state index contributed by atoms with van der Waals surface area (Å²) in [6.07, 6.45) is 1.59. The number of thiophene rings is 1. The molecule has 0 bridgehead atoms. The van der Waals surface area contributed by atoms with Crippen LogP contribution in [0.1, 0.15) is 10.4 Å². The van der Waals surface area contributed by atoms with E-state index in [0.29, 0.717) is 5.13 Å². The Hall–Kier alpha value is -1.87. The smallest absolute Gasteiger partial charge is 0.203 e. The van der Waals surface area contributed by atoms with Crippen molar-refractivity contribution in [2.75, 3.05) is 5.73 Å². The van der Waals surface area contributed by atoms with Gasteiger partial charge in [0.1, 0.15) is 17.7 Å². The van der Waals surface area contributed by atoms with Gasteiger partial charge in [-0.2, -0.15) is 10.5 Å². The zero-order valence-electron chi connectivity index (χ0n) is 9.53. The van der Waals surface area contributed by atoms with Gasteiger partial charge in [-0.15, -0.1) is 21.5 Å². The predicted octanol–water partition coefficient (Wildman–Crippen LogP) is 2.90. The number of rotatable bonds is 4. The van der Waals surface area contributed by atoms with Crippen LogP contribution in [0.3, 0.4) is 0 Å². The summed E-state index contributed by atoms with van der Waals surface area (Å²) in [6, 6.07) is 5.64. The highest BCUT2D eigenvalue weighted by molar-refractivity contribution is 8.00. The quantitative estimate of drug-likeness (QED) is 0.688. The van der Waals surface area contributed by atoms with Crippen molar-refractivity contribution in [3.05, 3.63) is 27.5 Å². The molecule has 0 aromatic carbocycles. The molecule has 0 aliphatic rings. The van der Waals surface area contributed by atoms with E-state index in [-0.39, 0.29) is 5.57 Å². The van der Waals surface area contributed by atoms with E-state index >= 15 is 0 Å². The van der Waals surface area contributed by atoms with Gasteiger partial charge in [-0.05, 0) is 23.1 Å². The van der Waals surface area contributed by atoms with Crippen LogP contribution in [0.4, 0.5) is 5.13 Å². The van der Waals surface area contributed by atoms with Crippen LogP contribution < -0.4 is 5.73 Å². The van der Waals surface area contributed by atoms with Crippen LogP contribution in [0.15, 0.2) is 21.4 Å². The number of anilines is 1. The molecule has 0 fully saturated rings. The zero-order chi connectivity index (χ0) is 13.7. The van der Waals surface area contributed by atoms with E-state index in [9.17, 15) is 0 Å². The van der Waals surface area contributed by atoms with Crippen LogP contribution >= 0.6 is 34.4 Å². The lowest BCUT2D eigenvalue weighted by molar-refractivity contribution is 1.02. The molecular formula is C11H7N5S3. The normalized spacial score (nSPS) is 9.58. The van der Waals surface area contributed by atoms with Gasteiger partial charge < -0.3 is 5.73 Å². The molecule has 0 radical (unpaired) electrons. The number of nitrogens with two attached hydrogens (primary N) is 1. The van der Waals surface area contributed by atoms with Crippen LogP contribution in [-0.4, -0.2) is 10.2 Å². The third kappa shape index (κ3) is 3.80. The second kappa shape index (κ2) is 6.34. The van der Waals surface area contributed by atoms with Crippen molar-refractivity contribution < 1.29 is 0 Å². The third-order valence-corrected chi connectivity index (χ3v) is 4.87. The first-order valence-corrected chi connectivity index (χ1v) is 7.70. The Morgan fingerprint density at radius 2 is 2.21 bits per heavy atom. The lowest BCUT2D eigenvalue weighted by Crippen LogP contribution is -1.80. The molecule has 0 atom stereocenters. The Morgan fingerprint density at radius 3 is 2.84 bits per heavy atom. The van der Waals surface area contributed by atoms with Gasteiger partial charge in [0.2, 0.25) is 5.13 Å². The van der Waals surface area contributed by atoms with Gasteiger partial charge in [0.15, 0.2) is 4.34 Å². The van der Waals surface area contributed by atoms with Crippen molar-refractivity contribution in [2.24, 2.45) is 0 Å². The van der Waals surface area contributed by atoms with Crippen molar-refractivity contribution in [2.45, 2.75) is 10.1 Å². The predicted molar refractivity (Wildman–Crippen MR) is 77.4 cm³/mol. The molecule has 0 unspecified atom stereocenters. The first kappa shape index (κ1) is 13.6. The highest BCUT2D eigenvalue weighted by atomic mass is 32.2. The summed E-state index contributed by atoms with van der Waals surface area (Å²) in [5.74, 6) is 0.757. The summed E-state index contributed by atoms with van der Waals surface area (Å²) in [4.78, 5) is 0.894. The van der Waals surface area contributed by atoms with Crippen molar-refractivity contribution in [3.8, 4) is 12.1 Å². The van der Waals surface area contributed by atoms with Crippen LogP contribution in [0.2, 0.25) is 0 Å². The van der Waals surface area contributed by atoms with Gasteiger partial charge in [0.25, 0.3) is 0 Å². The minimum atomic E-state index is 0.109. The molecule has 0 aliphatic carbocycles. The highest BCUT2D eigenvalue weighted by Gasteiger charge is 2.04. The summed E-state index contributed by atoms with van der Waals surface area (Å²) in [5, 5.41) is 27.5. The number of hydrogen-bond acceptors (Lipinski definition) is 8. The van der Waals surface area contributed by atoms with Gasteiger partial charge in [-0.3, -0.25) is 0 Å². The average Bonchev–Trinajstić information content (AvgIpc) is 3.02. The summed E-state index contributed by atoms with van der Waals surface area (Å²) in [5.41, 5.74) is 6.73. The number of nitrogen functional groups attached to an aromatic ring is 1. The van der Waals surface area contributed by atoms with E-state index in [4.69, 9.17) is 16.3 Å². The van der Waals surface area contributed by atoms with Crippen molar-refractivity contribution >= 4 is 45.6 Å². The first-order chi connectivity index (χ1) is 9.21. The SMILES string of the molecule is N#CC(C#N)=Cc1cc(CSc2nnc(N)s2)cs1. The van der Waals surface area contributed by atoms with Crippen LogP contribution in [0.5, 0.6) is 0 Å². The van der Waals surface area contributed by atoms with Crippen LogP contribution in [0.25, 0.3) is 6.08 Å². The molecule has 5 nitrogen and oxygen atoms in total. The molecule has 0 saturated heterocycles. The van der Waals surface area contributed by atoms with Crippen LogP contribution in [0, 0.1) is 22.7 Å². The summed E-state index contributed by atoms with van der Waals surface area (Å²) in [6.45, 7) is 0. The van der Waals surface area contributed by atoms with Gasteiger partial charge in [0.05, 0.1) is 0 Å². The minimum Gasteiger partial charge on any atom is -0.374 e. The minimum absolute atomic E-state index is 0.109. The Bertz CT molecular complexity index is 670. The highest BCUT2D eigenvalue weighted by Crippen LogP contribution is 2.29. The topological polar surface area (TPSA) is 99.4 Å². The fourth-order valence-electron chi connectivity index (χ4n) is 1.20. The maximum Gasteiger partial charge on any atom is 0.203 e. The number of nitrogens with zero attached hydrogens (tertiary/aromatic N) is 4. The monoisotopic (exact) mass is 305 g/mol. The molecule has 2 aromatic heterocycles. The number of nitriles is 2. The molecule has 0 spiro atoms. The molecule has 2 aromatic rings. The Balaban J connectivity index is 2.00. The second-order valence-electron chi connectivity index (χ2n) is 3.33. The molecule has 2 N–H and O–H groups in total. The molecule has 0 saturated carbocycles. The maximum absolute atomic E-state index is 8.68. The Labute approximate surface area is 122 Å². The zero-order valence-corrected chi connectivity index (χ0v) is 12.0. The number of aromatic nitrogens is 2. The van der Waals surface area contributed by atoms with E-state index in [2.05, 4.69) is 10.2 Å². The standard InChI is InChI=1S/C11H7N5S3/c12-3-7(4-13)1-9-2-8(5-17-9)6-18-11-16-15-10(14)19-11/h1-2,5H,6H2,(H2,14,15). The number of hydrogen-bond donors (Lipinski definition) is 1. The summed E-state index contributed by atoms with van der Waals surface area (Å²) in [7, 11) is 0. The van der Waals surface area contributed by atoms with E-state index in [1.165, 1.54) is 22.7 Å². The first-order valence-electron chi connectivity index (χ1n) is 5.02. The van der Waals surface area contributed by atoms with Gasteiger partial charge >= 0.3 is 0 Å². The van der Waals surface area contributed by atoms with Gasteiger partial charge in [-0.25, -0.2) is 0 Å². The Morgan fingerprint density at radius 1 is 1.42 bits per heavy atom. The molecule has 94 valence electrons. The van der Waals surface area contributed by atoms with E-state index in [0.717, 1.165) is 20.5 Å². The van der Waals surface area contributed by atoms with E-state index < -0.39 is 0 Å². The number of allylic oxidation sites excluding steroid dienone is 1. The van der Waals surface area contributed by atoms with Crippen molar-refractivity contribution in [1.82, 2.24) is 10.2 Å². The number of thioether (sulfide) groups is 1. The molecule has 19 heavy (non-hydrogen) atoms. The molecule has 2 heterocycles. The van der Waals surface area contributed by atoms with E-state index in [1.54, 1.807) is 17.8 Å². The Kier molecular flexibility index (Phi) is 4.53. The van der Waals surface area contributed by atoms with Crippen molar-refractivity contribution in [1.29, 1.82) is 10.5 Å². The van der Waals surface area contributed by atoms with Crippen LogP contribution in [-0.2, 0) is 5.75 Å². The molecule has 2 rings (SSSR count). The fraction of sp³-hybridized carbons (Fsp3) is 0.0909. The van der Waals surface area contributed by atoms with Gasteiger partial charge in [-0.1, -0.05) is 23.1 Å². The summed E-state index contributed by atoms with van der Waals surface area (Å²) < 4.78 is 0.829. The average molecular weight is 305 g/mol. The molecule has 0 amide bonds. The van der Waals surface area contributed by atoms with Crippen molar-refractivity contribution in [3.63, 3.8) is 0 Å². The lowest BCUT2D eigenvalue weighted by atomic mass is 10.2. The third-order valence-electron chi connectivity index (χ3n) is 1.99. The lowest BCUT2D eigenvalue weighted by Gasteiger charge is -1.92. The fourth-order valence-corrected chi connectivity index (χ4v) is 3.72. The summed E-state index contributed by atoms with van der Waals surface area (Å²) >= 11 is 4.41.